The summed E-state index contributed by atoms with van der Waals surface area (Å²) in [6.45, 7) is 13.4. The first kappa shape index (κ1) is 31.7. The van der Waals surface area contributed by atoms with Gasteiger partial charge >= 0.3 is 6.09 Å². The van der Waals surface area contributed by atoms with Gasteiger partial charge in [-0.3, -0.25) is 9.59 Å². The van der Waals surface area contributed by atoms with Crippen molar-refractivity contribution < 1.29 is 24.2 Å². The van der Waals surface area contributed by atoms with Crippen LogP contribution in [-0.4, -0.2) is 52.1 Å². The van der Waals surface area contributed by atoms with Gasteiger partial charge in [-0.2, -0.15) is 0 Å². The Morgan fingerprint density at radius 3 is 2.18 bits per heavy atom. The van der Waals surface area contributed by atoms with Crippen LogP contribution >= 0.6 is 0 Å². The SMILES string of the molecule is CCCCCN(C(=O)C(Cc1ccc(O)cc1)NC(=O)OC(C)(C)C)C(C(=O)NC(C)C)c1ccccc1C. The van der Waals surface area contributed by atoms with E-state index in [0.717, 1.165) is 29.5 Å². The first-order valence-electron chi connectivity index (χ1n) is 13.8. The molecule has 3 N–H and O–H groups in total. The average molecular weight is 540 g/mol. The number of hydrogen-bond acceptors (Lipinski definition) is 5. The zero-order valence-electron chi connectivity index (χ0n) is 24.4. The zero-order chi connectivity index (χ0) is 29.2. The molecule has 2 aromatic rings. The van der Waals surface area contributed by atoms with Gasteiger partial charge in [-0.15, -0.1) is 0 Å². The molecule has 8 nitrogen and oxygen atoms in total. The maximum atomic E-state index is 14.4. The van der Waals surface area contributed by atoms with Gasteiger partial charge in [0.15, 0.2) is 0 Å². The largest absolute Gasteiger partial charge is 0.508 e. The van der Waals surface area contributed by atoms with Crippen molar-refractivity contribution in [1.29, 1.82) is 0 Å². The second-order valence-electron chi connectivity index (χ2n) is 11.2. The average Bonchev–Trinajstić information content (AvgIpc) is 2.83. The number of benzene rings is 2. The molecular weight excluding hydrogens is 494 g/mol. The van der Waals surface area contributed by atoms with Crippen molar-refractivity contribution in [3.63, 3.8) is 0 Å². The lowest BCUT2D eigenvalue weighted by atomic mass is 9.96. The molecule has 0 spiro atoms. The van der Waals surface area contributed by atoms with Crippen molar-refractivity contribution in [1.82, 2.24) is 15.5 Å². The highest BCUT2D eigenvalue weighted by Crippen LogP contribution is 2.27. The Kier molecular flexibility index (Phi) is 11.8. The molecule has 0 fully saturated rings. The van der Waals surface area contributed by atoms with Crippen LogP contribution in [0.4, 0.5) is 4.79 Å². The van der Waals surface area contributed by atoms with Crippen LogP contribution in [0.1, 0.15) is 83.5 Å². The Balaban J connectivity index is 2.57. The first-order valence-corrected chi connectivity index (χ1v) is 13.8. The molecule has 0 aliphatic heterocycles. The third-order valence-corrected chi connectivity index (χ3v) is 6.12. The highest BCUT2D eigenvalue weighted by Gasteiger charge is 2.37. The number of aryl methyl sites for hydroxylation is 1. The second-order valence-corrected chi connectivity index (χ2v) is 11.2. The Hall–Kier alpha value is -3.55. The summed E-state index contributed by atoms with van der Waals surface area (Å²) < 4.78 is 5.48. The number of phenolic OH excluding ortho intramolecular Hbond substituents is 1. The fourth-order valence-corrected chi connectivity index (χ4v) is 4.32. The Labute approximate surface area is 233 Å². The number of hydrogen-bond donors (Lipinski definition) is 3. The van der Waals surface area contributed by atoms with Gasteiger partial charge in [0.2, 0.25) is 11.8 Å². The maximum absolute atomic E-state index is 14.4. The molecule has 0 aliphatic rings. The molecular formula is C31H45N3O5. The zero-order valence-corrected chi connectivity index (χ0v) is 24.4. The number of nitrogens with zero attached hydrogens (tertiary/aromatic N) is 1. The van der Waals surface area contributed by atoms with Gasteiger partial charge < -0.3 is 25.4 Å². The van der Waals surface area contributed by atoms with Gasteiger partial charge in [0.05, 0.1) is 0 Å². The van der Waals surface area contributed by atoms with E-state index in [0.29, 0.717) is 13.0 Å². The summed E-state index contributed by atoms with van der Waals surface area (Å²) in [5.41, 5.74) is 1.62. The number of nitrogens with one attached hydrogen (secondary N) is 2. The van der Waals surface area contributed by atoms with E-state index in [1.54, 1.807) is 37.8 Å². The smallest absolute Gasteiger partial charge is 0.408 e. The number of amides is 3. The number of rotatable bonds is 12. The van der Waals surface area contributed by atoms with Crippen molar-refractivity contribution in [2.75, 3.05) is 6.54 Å². The highest BCUT2D eigenvalue weighted by molar-refractivity contribution is 5.92. The van der Waals surface area contributed by atoms with Crippen molar-refractivity contribution in [3.8, 4) is 5.75 Å². The van der Waals surface area contributed by atoms with Gasteiger partial charge in [-0.1, -0.05) is 56.2 Å². The van der Waals surface area contributed by atoms with Crippen LogP contribution in [0.5, 0.6) is 5.75 Å². The quantitative estimate of drug-likeness (QED) is 0.312. The Morgan fingerprint density at radius 1 is 0.974 bits per heavy atom. The van der Waals surface area contributed by atoms with Crippen LogP contribution in [0.25, 0.3) is 0 Å². The molecule has 2 atom stereocenters. The van der Waals surface area contributed by atoms with E-state index < -0.39 is 23.8 Å². The standard InChI is InChI=1S/C31H45N3O5/c1-8-9-12-19-34(27(28(36)32-21(2)3)25-14-11-10-13-22(25)4)29(37)26(33-30(38)39-31(5,6)7)20-23-15-17-24(35)18-16-23/h10-11,13-18,21,26-27,35H,8-9,12,19-20H2,1-7H3,(H,32,36)(H,33,38). The summed E-state index contributed by atoms with van der Waals surface area (Å²) in [4.78, 5) is 42.5. The van der Waals surface area contributed by atoms with Crippen LogP contribution in [0.15, 0.2) is 48.5 Å². The fraction of sp³-hybridized carbons (Fsp3) is 0.516. The molecule has 0 bridgehead atoms. The number of alkyl carbamates (subject to hydrolysis) is 1. The van der Waals surface area contributed by atoms with Gasteiger partial charge in [0.25, 0.3) is 0 Å². The van der Waals surface area contributed by atoms with Gasteiger partial charge in [-0.25, -0.2) is 4.79 Å². The first-order chi connectivity index (χ1) is 18.3. The highest BCUT2D eigenvalue weighted by atomic mass is 16.6. The number of phenols is 1. The van der Waals surface area contributed by atoms with E-state index in [4.69, 9.17) is 4.74 Å². The van der Waals surface area contributed by atoms with Crippen molar-refractivity contribution in [3.05, 3.63) is 65.2 Å². The van der Waals surface area contributed by atoms with Gasteiger partial charge in [0, 0.05) is 19.0 Å². The maximum Gasteiger partial charge on any atom is 0.408 e. The number of unbranched alkanes of at least 4 members (excludes halogenated alkanes) is 2. The summed E-state index contributed by atoms with van der Waals surface area (Å²) in [5, 5.41) is 15.5. The molecule has 8 heteroatoms. The van der Waals surface area contributed by atoms with Crippen molar-refractivity contribution >= 4 is 17.9 Å². The number of carbonyl (C=O) groups excluding carboxylic acids is 3. The van der Waals surface area contributed by atoms with Crippen LogP contribution < -0.4 is 10.6 Å². The predicted molar refractivity (Wildman–Crippen MR) is 153 cm³/mol. The van der Waals surface area contributed by atoms with Crippen LogP contribution in [0, 0.1) is 6.92 Å². The normalized spacial score (nSPS) is 12.9. The van der Waals surface area contributed by atoms with Crippen LogP contribution in [-0.2, 0) is 20.7 Å². The lowest BCUT2D eigenvalue weighted by molar-refractivity contribution is -0.142. The van der Waals surface area contributed by atoms with Crippen LogP contribution in [0.2, 0.25) is 0 Å². The summed E-state index contributed by atoms with van der Waals surface area (Å²) in [5.74, 6) is -0.546. The fourth-order valence-electron chi connectivity index (χ4n) is 4.32. The molecule has 0 heterocycles. The number of carbonyl (C=O) groups is 3. The minimum absolute atomic E-state index is 0.105. The van der Waals surface area contributed by atoms with E-state index in [-0.39, 0.29) is 30.0 Å². The van der Waals surface area contributed by atoms with Gasteiger partial charge in [0.1, 0.15) is 23.4 Å². The van der Waals surface area contributed by atoms with E-state index >= 15 is 0 Å². The molecule has 214 valence electrons. The lowest BCUT2D eigenvalue weighted by Crippen LogP contribution is -2.54. The third kappa shape index (κ3) is 10.3. The van der Waals surface area contributed by atoms with E-state index in [1.165, 1.54) is 12.1 Å². The molecule has 0 aromatic heterocycles. The molecule has 0 saturated heterocycles. The second kappa shape index (κ2) is 14.6. The monoisotopic (exact) mass is 539 g/mol. The van der Waals surface area contributed by atoms with Crippen LogP contribution in [0.3, 0.4) is 0 Å². The Morgan fingerprint density at radius 2 is 1.62 bits per heavy atom. The molecule has 39 heavy (non-hydrogen) atoms. The van der Waals surface area contributed by atoms with E-state index in [9.17, 15) is 19.5 Å². The minimum atomic E-state index is -0.996. The summed E-state index contributed by atoms with van der Waals surface area (Å²) in [7, 11) is 0. The third-order valence-electron chi connectivity index (χ3n) is 6.12. The molecule has 0 saturated carbocycles. The molecule has 2 unspecified atom stereocenters. The topological polar surface area (TPSA) is 108 Å². The van der Waals surface area contributed by atoms with Crippen molar-refractivity contribution in [2.45, 2.75) is 97.9 Å². The summed E-state index contributed by atoms with van der Waals surface area (Å²) in [6.07, 6.45) is 1.99. The summed E-state index contributed by atoms with van der Waals surface area (Å²) in [6, 6.07) is 12.1. The predicted octanol–water partition coefficient (Wildman–Crippen LogP) is 5.42. The lowest BCUT2D eigenvalue weighted by Gasteiger charge is -2.35. The molecule has 0 radical (unpaired) electrons. The van der Waals surface area contributed by atoms with E-state index in [2.05, 4.69) is 17.6 Å². The van der Waals surface area contributed by atoms with E-state index in [1.807, 2.05) is 45.0 Å². The van der Waals surface area contributed by atoms with Crippen molar-refractivity contribution in [2.24, 2.45) is 0 Å². The van der Waals surface area contributed by atoms with Gasteiger partial charge in [-0.05, 0) is 76.8 Å². The number of ether oxygens (including phenoxy) is 1. The molecule has 0 aliphatic carbocycles. The molecule has 3 amide bonds. The Bertz CT molecular complexity index is 1090. The number of aromatic hydroxyl groups is 1. The molecule has 2 rings (SSSR count). The minimum Gasteiger partial charge on any atom is -0.508 e. The summed E-state index contributed by atoms with van der Waals surface area (Å²) >= 11 is 0. The molecule has 2 aromatic carbocycles.